The van der Waals surface area contributed by atoms with Gasteiger partial charge in [0.05, 0.1) is 0 Å². The Morgan fingerprint density at radius 3 is 2.44 bits per heavy atom. The van der Waals surface area contributed by atoms with E-state index in [1.165, 1.54) is 5.56 Å². The summed E-state index contributed by atoms with van der Waals surface area (Å²) in [6.45, 7) is 5.02. The van der Waals surface area contributed by atoms with Crippen LogP contribution in [-0.4, -0.2) is 60.0 Å². The minimum atomic E-state index is 0.247. The van der Waals surface area contributed by atoms with Crippen LogP contribution in [0.25, 0.3) is 0 Å². The molecule has 1 saturated heterocycles. The highest BCUT2D eigenvalue weighted by atomic mass is 16.5. The van der Waals surface area contributed by atoms with Crippen molar-refractivity contribution < 1.29 is 9.53 Å². The Morgan fingerprint density at radius 2 is 1.72 bits per heavy atom. The molecule has 1 aromatic heterocycles. The molecule has 0 N–H and O–H groups in total. The highest BCUT2D eigenvalue weighted by Crippen LogP contribution is 2.10. The lowest BCUT2D eigenvalue weighted by Crippen LogP contribution is -2.49. The third-order valence-corrected chi connectivity index (χ3v) is 4.52. The number of hydrogen-bond donors (Lipinski definition) is 0. The van der Waals surface area contributed by atoms with E-state index in [1.54, 1.807) is 12.4 Å². The van der Waals surface area contributed by atoms with E-state index in [0.29, 0.717) is 13.0 Å². The first-order valence-electron chi connectivity index (χ1n) is 8.88. The van der Waals surface area contributed by atoms with Crippen LogP contribution >= 0.6 is 0 Å². The van der Waals surface area contributed by atoms with Gasteiger partial charge in [0.15, 0.2) is 0 Å². The third-order valence-electron chi connectivity index (χ3n) is 4.52. The Kier molecular flexibility index (Phi) is 6.40. The summed E-state index contributed by atoms with van der Waals surface area (Å²) in [6.07, 6.45) is 4.90. The van der Waals surface area contributed by atoms with Crippen LogP contribution in [0.15, 0.2) is 54.9 Å². The molecule has 1 amide bonds. The zero-order valence-corrected chi connectivity index (χ0v) is 14.5. The lowest BCUT2D eigenvalue weighted by molar-refractivity contribution is -0.132. The van der Waals surface area contributed by atoms with Gasteiger partial charge in [-0.05, 0) is 36.2 Å². The number of hydrogen-bond acceptors (Lipinski definition) is 4. The first-order valence-corrected chi connectivity index (χ1v) is 8.88. The Balaban J connectivity index is 1.33. The number of ether oxygens (including phenoxy) is 1. The number of carbonyl (C=O) groups is 1. The molecule has 3 rings (SSSR count). The second-order valence-corrected chi connectivity index (χ2v) is 6.24. The van der Waals surface area contributed by atoms with Gasteiger partial charge in [0.2, 0.25) is 5.91 Å². The van der Waals surface area contributed by atoms with E-state index in [9.17, 15) is 4.79 Å². The topological polar surface area (TPSA) is 45.7 Å². The number of para-hydroxylation sites is 1. The van der Waals surface area contributed by atoms with Gasteiger partial charge in [0.25, 0.3) is 0 Å². The fraction of sp³-hybridized carbons (Fsp3) is 0.400. The molecule has 5 heteroatoms. The molecule has 0 radical (unpaired) electrons. The summed E-state index contributed by atoms with van der Waals surface area (Å²) in [5, 5.41) is 0. The van der Waals surface area contributed by atoms with Crippen molar-refractivity contribution in [2.45, 2.75) is 12.8 Å². The summed E-state index contributed by atoms with van der Waals surface area (Å²) in [5.41, 5.74) is 1.17. The standard InChI is InChI=1S/C20H25N3O2/c24-20(7-6-18-8-10-21-11-9-18)23-14-12-22(13-15-23)16-17-25-19-4-2-1-3-5-19/h1-5,8-11H,6-7,12-17H2. The van der Waals surface area contributed by atoms with E-state index in [4.69, 9.17) is 4.74 Å². The maximum atomic E-state index is 12.3. The molecule has 1 aromatic carbocycles. The number of piperazine rings is 1. The number of aryl methyl sites for hydroxylation is 1. The Labute approximate surface area is 149 Å². The van der Waals surface area contributed by atoms with Crippen molar-refractivity contribution in [3.8, 4) is 5.75 Å². The molecular formula is C20H25N3O2. The highest BCUT2D eigenvalue weighted by molar-refractivity contribution is 5.76. The zero-order chi connectivity index (χ0) is 17.3. The van der Waals surface area contributed by atoms with E-state index >= 15 is 0 Å². The molecule has 5 nitrogen and oxygen atoms in total. The molecule has 2 heterocycles. The van der Waals surface area contributed by atoms with Gasteiger partial charge in [-0.15, -0.1) is 0 Å². The number of pyridine rings is 1. The van der Waals surface area contributed by atoms with Gasteiger partial charge in [0, 0.05) is 51.5 Å². The molecule has 0 unspecified atom stereocenters. The molecule has 0 spiro atoms. The molecule has 2 aromatic rings. The van der Waals surface area contributed by atoms with Crippen molar-refractivity contribution in [2.24, 2.45) is 0 Å². The Hall–Kier alpha value is -2.40. The van der Waals surface area contributed by atoms with Crippen molar-refractivity contribution in [3.05, 3.63) is 60.4 Å². The van der Waals surface area contributed by atoms with Crippen LogP contribution in [-0.2, 0) is 11.2 Å². The molecule has 1 aliphatic heterocycles. The average molecular weight is 339 g/mol. The molecule has 0 bridgehead atoms. The van der Waals surface area contributed by atoms with Crippen LogP contribution in [0.1, 0.15) is 12.0 Å². The largest absolute Gasteiger partial charge is 0.492 e. The summed E-state index contributed by atoms with van der Waals surface area (Å²) in [4.78, 5) is 20.7. The fourth-order valence-corrected chi connectivity index (χ4v) is 2.99. The quantitative estimate of drug-likeness (QED) is 0.776. The Bertz CT molecular complexity index is 641. The van der Waals surface area contributed by atoms with Crippen molar-refractivity contribution in [3.63, 3.8) is 0 Å². The summed E-state index contributed by atoms with van der Waals surface area (Å²) in [7, 11) is 0. The lowest BCUT2D eigenvalue weighted by atomic mass is 10.1. The molecule has 0 atom stereocenters. The van der Waals surface area contributed by atoms with E-state index in [0.717, 1.165) is 44.9 Å². The molecule has 1 fully saturated rings. The van der Waals surface area contributed by atoms with E-state index < -0.39 is 0 Å². The van der Waals surface area contributed by atoms with Gasteiger partial charge in [-0.1, -0.05) is 18.2 Å². The molecule has 0 saturated carbocycles. The van der Waals surface area contributed by atoms with Crippen molar-refractivity contribution in [1.82, 2.24) is 14.8 Å². The second kappa shape index (κ2) is 9.18. The van der Waals surface area contributed by atoms with Crippen molar-refractivity contribution in [1.29, 1.82) is 0 Å². The van der Waals surface area contributed by atoms with Crippen LogP contribution < -0.4 is 4.74 Å². The third kappa shape index (κ3) is 5.57. The number of amides is 1. The minimum absolute atomic E-state index is 0.247. The SMILES string of the molecule is O=C(CCc1ccncc1)N1CCN(CCOc2ccccc2)CC1. The van der Waals surface area contributed by atoms with Gasteiger partial charge in [-0.25, -0.2) is 0 Å². The number of carbonyl (C=O) groups excluding carboxylic acids is 1. The monoisotopic (exact) mass is 339 g/mol. The maximum absolute atomic E-state index is 12.3. The molecular weight excluding hydrogens is 314 g/mol. The number of aromatic nitrogens is 1. The number of rotatable bonds is 7. The maximum Gasteiger partial charge on any atom is 0.222 e. The number of nitrogens with zero attached hydrogens (tertiary/aromatic N) is 3. The highest BCUT2D eigenvalue weighted by Gasteiger charge is 2.20. The van der Waals surface area contributed by atoms with Gasteiger partial charge < -0.3 is 9.64 Å². The van der Waals surface area contributed by atoms with E-state index in [-0.39, 0.29) is 5.91 Å². The second-order valence-electron chi connectivity index (χ2n) is 6.24. The van der Waals surface area contributed by atoms with Gasteiger partial charge >= 0.3 is 0 Å². The van der Waals surface area contributed by atoms with Crippen molar-refractivity contribution in [2.75, 3.05) is 39.3 Å². The predicted molar refractivity (Wildman–Crippen MR) is 97.5 cm³/mol. The summed E-state index contributed by atoms with van der Waals surface area (Å²) >= 11 is 0. The van der Waals surface area contributed by atoms with E-state index in [1.807, 2.05) is 47.4 Å². The van der Waals surface area contributed by atoms with Crippen LogP contribution in [0.4, 0.5) is 0 Å². The Morgan fingerprint density at radius 1 is 1.00 bits per heavy atom. The zero-order valence-electron chi connectivity index (χ0n) is 14.5. The first-order chi connectivity index (χ1) is 12.3. The molecule has 25 heavy (non-hydrogen) atoms. The van der Waals surface area contributed by atoms with Crippen LogP contribution in [0, 0.1) is 0 Å². The van der Waals surface area contributed by atoms with Gasteiger partial charge in [-0.3, -0.25) is 14.7 Å². The lowest BCUT2D eigenvalue weighted by Gasteiger charge is -2.34. The fourth-order valence-electron chi connectivity index (χ4n) is 2.99. The molecule has 132 valence electrons. The summed E-state index contributed by atoms with van der Waals surface area (Å²) < 4.78 is 5.74. The summed E-state index contributed by atoms with van der Waals surface area (Å²) in [6, 6.07) is 13.8. The number of benzene rings is 1. The predicted octanol–water partition coefficient (Wildman–Crippen LogP) is 2.24. The van der Waals surface area contributed by atoms with Crippen molar-refractivity contribution >= 4 is 5.91 Å². The molecule has 1 aliphatic rings. The van der Waals surface area contributed by atoms with Crippen LogP contribution in [0.3, 0.4) is 0 Å². The first kappa shape index (κ1) is 17.4. The van der Waals surface area contributed by atoms with Gasteiger partial charge in [-0.2, -0.15) is 0 Å². The van der Waals surface area contributed by atoms with Crippen LogP contribution in [0.5, 0.6) is 5.75 Å². The summed E-state index contributed by atoms with van der Waals surface area (Å²) in [5.74, 6) is 1.16. The smallest absolute Gasteiger partial charge is 0.222 e. The average Bonchev–Trinajstić information content (AvgIpc) is 2.68. The van der Waals surface area contributed by atoms with E-state index in [2.05, 4.69) is 9.88 Å². The van der Waals surface area contributed by atoms with Gasteiger partial charge in [0.1, 0.15) is 12.4 Å². The minimum Gasteiger partial charge on any atom is -0.492 e. The van der Waals surface area contributed by atoms with Crippen LogP contribution in [0.2, 0.25) is 0 Å². The molecule has 0 aliphatic carbocycles. The normalized spacial score (nSPS) is 15.1.